The number of halogens is 2. The predicted molar refractivity (Wildman–Crippen MR) is 116 cm³/mol. The van der Waals surface area contributed by atoms with Crippen LogP contribution in [0.4, 0.5) is 17.2 Å². The molecule has 0 radical (unpaired) electrons. The maximum absolute atomic E-state index is 13.3. The first-order chi connectivity index (χ1) is 15.1. The molecular formula is C20H12Cl2N4O6. The Morgan fingerprint density at radius 2 is 1.31 bits per heavy atom. The van der Waals surface area contributed by atoms with E-state index in [1.54, 1.807) is 19.1 Å². The quantitative estimate of drug-likeness (QED) is 0.288. The average molecular weight is 475 g/mol. The summed E-state index contributed by atoms with van der Waals surface area (Å²) >= 11 is 11.6. The van der Waals surface area contributed by atoms with Crippen molar-refractivity contribution in [2.75, 3.05) is 4.90 Å². The van der Waals surface area contributed by atoms with Gasteiger partial charge in [0.15, 0.2) is 0 Å². The minimum atomic E-state index is -0.939. The molecule has 1 aromatic heterocycles. The van der Waals surface area contributed by atoms with Crippen molar-refractivity contribution < 1.29 is 19.4 Å². The van der Waals surface area contributed by atoms with E-state index in [-0.39, 0.29) is 27.0 Å². The van der Waals surface area contributed by atoms with Gasteiger partial charge in [0.1, 0.15) is 15.9 Å². The summed E-state index contributed by atoms with van der Waals surface area (Å²) in [5.74, 6) is -1.95. The summed E-state index contributed by atoms with van der Waals surface area (Å²) in [4.78, 5) is 52.3. The SMILES string of the molecule is Cc1cccc(N(C(=O)c2ccc(Cl)c([N+](=O)[O-])c2)C(=O)c2ccc(Cl)c([N+](=O)[O-])c2)n1. The number of rotatable bonds is 5. The molecular weight excluding hydrogens is 463 g/mol. The number of imide groups is 1. The van der Waals surface area contributed by atoms with E-state index in [0.717, 1.165) is 24.3 Å². The molecule has 3 rings (SSSR count). The lowest BCUT2D eigenvalue weighted by molar-refractivity contribution is -0.384. The largest absolute Gasteiger partial charge is 0.288 e. The number of nitrogens with zero attached hydrogens (tertiary/aromatic N) is 4. The minimum absolute atomic E-state index is 0.0739. The van der Waals surface area contributed by atoms with Gasteiger partial charge in [-0.25, -0.2) is 9.88 Å². The predicted octanol–water partition coefficient (Wildman–Crippen LogP) is 5.00. The summed E-state index contributed by atoms with van der Waals surface area (Å²) in [6.07, 6.45) is 0. The summed E-state index contributed by atoms with van der Waals surface area (Å²) in [5.41, 5.74) is -0.979. The lowest BCUT2D eigenvalue weighted by Gasteiger charge is -2.20. The number of nitro groups is 2. The van der Waals surface area contributed by atoms with Gasteiger partial charge in [-0.3, -0.25) is 29.8 Å². The molecule has 0 saturated carbocycles. The first-order valence-corrected chi connectivity index (χ1v) is 9.56. The van der Waals surface area contributed by atoms with E-state index in [0.29, 0.717) is 10.6 Å². The molecule has 12 heteroatoms. The molecule has 0 aliphatic rings. The standard InChI is InChI=1S/C20H12Cl2N4O6/c1-11-3-2-4-18(23-11)24(19(27)12-5-7-14(21)16(9-12)25(29)30)20(28)13-6-8-15(22)17(10-13)26(31)32/h2-10H,1H3. The maximum atomic E-state index is 13.3. The zero-order valence-corrected chi connectivity index (χ0v) is 17.7. The zero-order valence-electron chi connectivity index (χ0n) is 16.2. The van der Waals surface area contributed by atoms with Gasteiger partial charge >= 0.3 is 0 Å². The lowest BCUT2D eigenvalue weighted by atomic mass is 10.1. The molecule has 0 bridgehead atoms. The summed E-state index contributed by atoms with van der Waals surface area (Å²) in [6, 6.07) is 11.2. The van der Waals surface area contributed by atoms with E-state index < -0.39 is 33.0 Å². The maximum Gasteiger partial charge on any atom is 0.288 e. The topological polar surface area (TPSA) is 137 Å². The second-order valence-electron chi connectivity index (χ2n) is 6.43. The Kier molecular flexibility index (Phi) is 6.47. The fourth-order valence-corrected chi connectivity index (χ4v) is 3.16. The molecule has 0 aliphatic carbocycles. The number of hydrogen-bond acceptors (Lipinski definition) is 7. The van der Waals surface area contributed by atoms with Gasteiger partial charge < -0.3 is 0 Å². The highest BCUT2D eigenvalue weighted by Crippen LogP contribution is 2.29. The molecule has 0 fully saturated rings. The molecule has 1 heterocycles. The van der Waals surface area contributed by atoms with Crippen LogP contribution in [0.2, 0.25) is 10.0 Å². The highest BCUT2D eigenvalue weighted by atomic mass is 35.5. The smallest absolute Gasteiger partial charge is 0.268 e. The molecule has 162 valence electrons. The van der Waals surface area contributed by atoms with E-state index >= 15 is 0 Å². The summed E-state index contributed by atoms with van der Waals surface area (Å²) in [5, 5.41) is 22.0. The van der Waals surface area contributed by atoms with Gasteiger partial charge in [-0.05, 0) is 43.3 Å². The number of carbonyl (C=O) groups is 2. The summed E-state index contributed by atoms with van der Waals surface area (Å²) < 4.78 is 0. The number of benzene rings is 2. The highest BCUT2D eigenvalue weighted by molar-refractivity contribution is 6.34. The zero-order chi connectivity index (χ0) is 23.6. The molecule has 32 heavy (non-hydrogen) atoms. The average Bonchev–Trinajstić information content (AvgIpc) is 2.74. The number of nitro benzene ring substituents is 2. The number of pyridine rings is 1. The molecule has 0 spiro atoms. The van der Waals surface area contributed by atoms with Crippen molar-refractivity contribution in [3.63, 3.8) is 0 Å². The Morgan fingerprint density at radius 1 is 0.844 bits per heavy atom. The van der Waals surface area contributed by atoms with Crippen molar-refractivity contribution in [2.45, 2.75) is 6.92 Å². The molecule has 0 atom stereocenters. The Balaban J connectivity index is 2.15. The number of anilines is 1. The van der Waals surface area contributed by atoms with Crippen molar-refractivity contribution in [1.82, 2.24) is 4.98 Å². The number of amides is 2. The lowest BCUT2D eigenvalue weighted by Crippen LogP contribution is -2.38. The third-order valence-corrected chi connectivity index (χ3v) is 4.93. The normalized spacial score (nSPS) is 10.5. The Bertz CT molecular complexity index is 1210. The van der Waals surface area contributed by atoms with Crippen molar-refractivity contribution in [3.05, 3.63) is 102 Å². The second-order valence-corrected chi connectivity index (χ2v) is 7.24. The van der Waals surface area contributed by atoms with E-state index in [2.05, 4.69) is 4.98 Å². The monoisotopic (exact) mass is 474 g/mol. The van der Waals surface area contributed by atoms with Crippen LogP contribution in [0.25, 0.3) is 0 Å². The molecule has 0 N–H and O–H groups in total. The first kappa shape index (κ1) is 22.8. The fourth-order valence-electron chi connectivity index (χ4n) is 2.78. The van der Waals surface area contributed by atoms with Gasteiger partial charge in [-0.1, -0.05) is 29.3 Å². The molecule has 0 saturated heterocycles. The van der Waals surface area contributed by atoms with E-state index in [1.165, 1.54) is 18.2 Å². The van der Waals surface area contributed by atoms with E-state index in [1.807, 2.05) is 0 Å². The van der Waals surface area contributed by atoms with Crippen molar-refractivity contribution in [1.29, 1.82) is 0 Å². The molecule has 3 aromatic rings. The molecule has 2 aromatic carbocycles. The van der Waals surface area contributed by atoms with Gasteiger partial charge in [-0.2, -0.15) is 0 Å². The number of aromatic nitrogens is 1. The summed E-state index contributed by atoms with van der Waals surface area (Å²) in [6.45, 7) is 1.64. The van der Waals surface area contributed by atoms with Crippen LogP contribution in [0, 0.1) is 27.2 Å². The molecule has 0 unspecified atom stereocenters. The van der Waals surface area contributed by atoms with Crippen LogP contribution in [0.3, 0.4) is 0 Å². The molecule has 2 amide bonds. The number of carbonyl (C=O) groups excluding carboxylic acids is 2. The minimum Gasteiger partial charge on any atom is -0.268 e. The third-order valence-electron chi connectivity index (χ3n) is 4.29. The second kappa shape index (κ2) is 9.08. The van der Waals surface area contributed by atoms with Gasteiger partial charge in [0, 0.05) is 29.0 Å². The van der Waals surface area contributed by atoms with Crippen LogP contribution in [0.5, 0.6) is 0 Å². The van der Waals surface area contributed by atoms with Crippen molar-refractivity contribution in [2.24, 2.45) is 0 Å². The summed E-state index contributed by atoms with van der Waals surface area (Å²) in [7, 11) is 0. The van der Waals surface area contributed by atoms with Gasteiger partial charge in [0.2, 0.25) is 0 Å². The van der Waals surface area contributed by atoms with Crippen LogP contribution < -0.4 is 4.90 Å². The van der Waals surface area contributed by atoms with Crippen molar-refractivity contribution in [3.8, 4) is 0 Å². The van der Waals surface area contributed by atoms with Gasteiger partial charge in [0.25, 0.3) is 23.2 Å². The Morgan fingerprint density at radius 3 is 1.72 bits per heavy atom. The van der Waals surface area contributed by atoms with Crippen LogP contribution in [-0.2, 0) is 0 Å². The Hall–Kier alpha value is -3.89. The highest BCUT2D eigenvalue weighted by Gasteiger charge is 2.30. The van der Waals surface area contributed by atoms with Gasteiger partial charge in [-0.15, -0.1) is 0 Å². The molecule has 0 aliphatic heterocycles. The first-order valence-electron chi connectivity index (χ1n) is 8.80. The third kappa shape index (κ3) is 4.56. The van der Waals surface area contributed by atoms with Crippen LogP contribution in [0.15, 0.2) is 54.6 Å². The molecule has 10 nitrogen and oxygen atoms in total. The number of aryl methyl sites for hydroxylation is 1. The van der Waals surface area contributed by atoms with Gasteiger partial charge in [0.05, 0.1) is 9.85 Å². The van der Waals surface area contributed by atoms with E-state index in [9.17, 15) is 29.8 Å². The number of hydrogen-bond donors (Lipinski definition) is 0. The van der Waals surface area contributed by atoms with Crippen LogP contribution >= 0.6 is 23.2 Å². The van der Waals surface area contributed by atoms with Crippen LogP contribution in [-0.4, -0.2) is 26.6 Å². The van der Waals surface area contributed by atoms with E-state index in [4.69, 9.17) is 23.2 Å². The fraction of sp³-hybridized carbons (Fsp3) is 0.0500. The Labute approximate surface area is 190 Å². The van der Waals surface area contributed by atoms with Crippen molar-refractivity contribution >= 4 is 52.2 Å². The van der Waals surface area contributed by atoms with Crippen LogP contribution in [0.1, 0.15) is 26.4 Å².